The minimum atomic E-state index is -1.28. The van der Waals surface area contributed by atoms with Gasteiger partial charge in [0.2, 0.25) is 0 Å². The maximum atomic E-state index is 10.4. The number of carbonyl (C=O) groups excluding carboxylic acids is 4. The average Bonchev–Trinajstić information content (AvgIpc) is 2.36. The van der Waals surface area contributed by atoms with Gasteiger partial charge in [0.1, 0.15) is 11.6 Å². The average molecular weight is 426 g/mol. The van der Waals surface area contributed by atoms with Crippen molar-refractivity contribution in [2.75, 3.05) is 0 Å². The predicted molar refractivity (Wildman–Crippen MR) is 93.8 cm³/mol. The van der Waals surface area contributed by atoms with Crippen molar-refractivity contribution in [2.45, 2.75) is 92.3 Å². The van der Waals surface area contributed by atoms with Gasteiger partial charge in [-0.25, -0.2) is 0 Å². The minimum Gasteiger partial charge on any atom is -0.550 e. The number of aliphatic carboxylic acids is 2. The number of aliphatic hydroxyl groups is 2. The number of hydrogen-bond donors (Lipinski definition) is 2. The molecule has 2 N–H and O–H groups in total. The Labute approximate surface area is 177 Å². The molecule has 0 saturated heterocycles. The number of ketones is 2. The van der Waals surface area contributed by atoms with E-state index in [1.54, 1.807) is 27.7 Å². The molecule has 0 aromatic heterocycles. The van der Waals surface area contributed by atoms with Crippen LogP contribution in [0.1, 0.15) is 80.1 Å². The van der Waals surface area contributed by atoms with E-state index >= 15 is 0 Å². The summed E-state index contributed by atoms with van der Waals surface area (Å²) in [4.78, 5) is 40.4. The fraction of sp³-hybridized carbons (Fsp3) is 0.778. The van der Waals surface area contributed by atoms with Crippen molar-refractivity contribution in [1.29, 1.82) is 0 Å². The molecule has 0 unspecified atom stereocenters. The second-order valence-corrected chi connectivity index (χ2v) is 5.86. The Morgan fingerprint density at radius 3 is 1.00 bits per heavy atom. The molecular formula is C18H34O8Ti-2. The van der Waals surface area contributed by atoms with Gasteiger partial charge in [0, 0.05) is 71.5 Å². The molecule has 0 aliphatic rings. The molecule has 0 fully saturated rings. The van der Waals surface area contributed by atoms with Crippen molar-refractivity contribution in [3.05, 3.63) is 0 Å². The van der Waals surface area contributed by atoms with Crippen LogP contribution in [0.5, 0.6) is 0 Å². The summed E-state index contributed by atoms with van der Waals surface area (Å²) in [5, 5.41) is 35.6. The fourth-order valence-corrected chi connectivity index (χ4v) is 1.06. The number of hydrogen-bond acceptors (Lipinski definition) is 8. The van der Waals surface area contributed by atoms with Crippen molar-refractivity contribution in [2.24, 2.45) is 0 Å². The number of carboxylic acid groups (broad SMARTS) is 2. The van der Waals surface area contributed by atoms with Gasteiger partial charge in [0.05, 0.1) is 0 Å². The van der Waals surface area contributed by atoms with Crippen LogP contribution in [0.3, 0.4) is 0 Å². The van der Waals surface area contributed by atoms with Crippen molar-refractivity contribution in [3.63, 3.8) is 0 Å². The van der Waals surface area contributed by atoms with Crippen LogP contribution in [-0.4, -0.2) is 45.9 Å². The van der Waals surface area contributed by atoms with Crippen molar-refractivity contribution >= 4 is 23.5 Å². The largest absolute Gasteiger partial charge is 0.550 e. The third-order valence-corrected chi connectivity index (χ3v) is 1.74. The Morgan fingerprint density at radius 2 is 0.889 bits per heavy atom. The van der Waals surface area contributed by atoms with E-state index in [0.29, 0.717) is 25.7 Å². The molecule has 27 heavy (non-hydrogen) atoms. The van der Waals surface area contributed by atoms with Crippen LogP contribution in [0, 0.1) is 0 Å². The van der Waals surface area contributed by atoms with E-state index in [-0.39, 0.29) is 45.5 Å². The van der Waals surface area contributed by atoms with Gasteiger partial charge in [-0.1, -0.05) is 13.8 Å². The monoisotopic (exact) mass is 426 g/mol. The number of carboxylic acids is 2. The van der Waals surface area contributed by atoms with Crippen molar-refractivity contribution in [1.82, 2.24) is 0 Å². The second kappa shape index (κ2) is 27.1. The van der Waals surface area contributed by atoms with Gasteiger partial charge in [0.15, 0.2) is 0 Å². The zero-order chi connectivity index (χ0) is 21.7. The van der Waals surface area contributed by atoms with Crippen LogP contribution in [0.25, 0.3) is 0 Å². The molecule has 0 amide bonds. The fourth-order valence-electron chi connectivity index (χ4n) is 1.06. The van der Waals surface area contributed by atoms with Crippen LogP contribution < -0.4 is 10.2 Å². The van der Waals surface area contributed by atoms with Crippen LogP contribution >= 0.6 is 0 Å². The third-order valence-electron chi connectivity index (χ3n) is 1.74. The molecule has 0 radical (unpaired) electrons. The maximum absolute atomic E-state index is 10.4. The first-order valence-electron chi connectivity index (χ1n) is 8.59. The quantitative estimate of drug-likeness (QED) is 0.398. The van der Waals surface area contributed by atoms with Gasteiger partial charge in [0.25, 0.3) is 0 Å². The number of aliphatic hydroxyl groups excluding tert-OH is 2. The summed E-state index contributed by atoms with van der Waals surface area (Å²) in [6.45, 7) is 10.5. The normalized spacial score (nSPS) is 8.67. The molecular weight excluding hydrogens is 392 g/mol. The van der Waals surface area contributed by atoms with Crippen LogP contribution in [0.2, 0.25) is 0 Å². The molecule has 0 atom stereocenters. The summed E-state index contributed by atoms with van der Waals surface area (Å²) in [6.07, 6.45) is 0.877. The molecule has 0 aliphatic heterocycles. The molecule has 0 aliphatic carbocycles. The van der Waals surface area contributed by atoms with Gasteiger partial charge in [-0.3, -0.25) is 9.59 Å². The standard InChI is InChI=1S/2C6H10O3.2C3H8O.Ti/c2*1-2-3-5(7)4-6(8)9;2*1-3(2)4;/h2*2-4H2,1H3,(H,8,9);2*3-4H,1-2H3;/p-2. The second-order valence-electron chi connectivity index (χ2n) is 5.86. The van der Waals surface area contributed by atoms with Crippen LogP contribution in [0.4, 0.5) is 0 Å². The Balaban J connectivity index is -0.0000000843. The zero-order valence-electron chi connectivity index (χ0n) is 17.2. The number of Topliss-reactive ketones (excluding diaryl/α,β-unsaturated/α-hetero) is 2. The van der Waals surface area contributed by atoms with Gasteiger partial charge >= 0.3 is 0 Å². The first-order chi connectivity index (χ1) is 11.8. The summed E-state index contributed by atoms with van der Waals surface area (Å²) >= 11 is 0. The first kappa shape index (κ1) is 36.8. The molecule has 0 aromatic rings. The van der Waals surface area contributed by atoms with Crippen molar-refractivity contribution < 1.29 is 61.3 Å². The Bertz CT molecular complexity index is 340. The van der Waals surface area contributed by atoms with Gasteiger partial charge in [-0.2, -0.15) is 0 Å². The van der Waals surface area contributed by atoms with E-state index in [0.717, 1.165) is 0 Å². The van der Waals surface area contributed by atoms with Gasteiger partial charge in [-0.05, 0) is 40.5 Å². The molecule has 0 spiro atoms. The van der Waals surface area contributed by atoms with E-state index in [2.05, 4.69) is 0 Å². The van der Waals surface area contributed by atoms with E-state index in [1.165, 1.54) is 0 Å². The number of carbonyl (C=O) groups is 4. The summed E-state index contributed by atoms with van der Waals surface area (Å²) < 4.78 is 0. The minimum absolute atomic E-state index is 0. The molecule has 0 aromatic carbocycles. The zero-order valence-corrected chi connectivity index (χ0v) is 18.8. The number of rotatable bonds is 8. The van der Waals surface area contributed by atoms with Crippen LogP contribution in [-0.2, 0) is 40.9 Å². The molecule has 8 nitrogen and oxygen atoms in total. The Morgan fingerprint density at radius 1 is 0.704 bits per heavy atom. The summed E-state index contributed by atoms with van der Waals surface area (Å²) in [7, 11) is 0. The molecule has 0 saturated carbocycles. The van der Waals surface area contributed by atoms with E-state index in [4.69, 9.17) is 10.2 Å². The Hall–Kier alpha value is -1.09. The molecule has 0 bridgehead atoms. The maximum Gasteiger partial charge on any atom is 0.138 e. The predicted octanol–water partition coefficient (Wildman–Crippen LogP) is -0.237. The Kier molecular flexibility index (Phi) is 37.0. The van der Waals surface area contributed by atoms with E-state index in [9.17, 15) is 29.4 Å². The van der Waals surface area contributed by atoms with Gasteiger partial charge < -0.3 is 30.0 Å². The SMILES string of the molecule is CC(C)O.CC(C)O.CCCC(=O)CC(=O)[O-].CCCC(=O)CC(=O)[O-].[Ti]. The summed E-state index contributed by atoms with van der Waals surface area (Å²) in [5.74, 6) is -3.07. The van der Waals surface area contributed by atoms with E-state index < -0.39 is 24.8 Å². The first-order valence-corrected chi connectivity index (χ1v) is 8.59. The summed E-state index contributed by atoms with van der Waals surface area (Å²) in [5.41, 5.74) is 0. The topological polar surface area (TPSA) is 155 Å². The third kappa shape index (κ3) is 78.4. The van der Waals surface area contributed by atoms with Crippen LogP contribution in [0.15, 0.2) is 0 Å². The van der Waals surface area contributed by atoms with Gasteiger partial charge in [-0.15, -0.1) is 0 Å². The molecule has 0 rings (SSSR count). The van der Waals surface area contributed by atoms with E-state index in [1.807, 2.05) is 13.8 Å². The molecule has 160 valence electrons. The molecule has 0 heterocycles. The summed E-state index contributed by atoms with van der Waals surface area (Å²) in [6, 6.07) is 0. The molecule has 9 heteroatoms. The van der Waals surface area contributed by atoms with Crippen molar-refractivity contribution in [3.8, 4) is 0 Å². The smallest absolute Gasteiger partial charge is 0.138 e.